The summed E-state index contributed by atoms with van der Waals surface area (Å²) in [5.41, 5.74) is -0.226. The quantitative estimate of drug-likeness (QED) is 0.476. The second kappa shape index (κ2) is 4.82. The molecule has 0 saturated heterocycles. The Morgan fingerprint density at radius 3 is 2.67 bits per heavy atom. The number of hydrogen-bond donors (Lipinski definition) is 0. The first-order valence-corrected chi connectivity index (χ1v) is 5.08. The predicted molar refractivity (Wildman–Crippen MR) is 58.0 cm³/mol. The number of methoxy groups -OCH3 is 1. The van der Waals surface area contributed by atoms with E-state index in [-0.39, 0.29) is 5.56 Å². The zero-order valence-electron chi connectivity index (χ0n) is 8.05. The van der Waals surface area contributed by atoms with Gasteiger partial charge in [0.2, 0.25) is 0 Å². The standard InChI is InChI=1S/C9H8F2INO2/c1-4-3-5(12)13-7(8(10)11)6(4)9(14)15-2/h3,8H,1-2H3. The van der Waals surface area contributed by atoms with Crippen LogP contribution in [0.5, 0.6) is 0 Å². The van der Waals surface area contributed by atoms with Crippen LogP contribution in [0.15, 0.2) is 6.07 Å². The predicted octanol–water partition coefficient (Wildman–Crippen LogP) is 2.72. The number of carbonyl (C=O) groups excluding carboxylic acids is 1. The highest BCUT2D eigenvalue weighted by atomic mass is 127. The maximum Gasteiger partial charge on any atom is 0.340 e. The number of pyridine rings is 1. The largest absolute Gasteiger partial charge is 0.465 e. The molecule has 0 fully saturated rings. The molecule has 3 nitrogen and oxygen atoms in total. The highest BCUT2D eigenvalue weighted by Crippen LogP contribution is 2.25. The fraction of sp³-hybridized carbons (Fsp3) is 0.333. The first-order chi connectivity index (χ1) is 6.97. The number of halogens is 3. The lowest BCUT2D eigenvalue weighted by molar-refractivity contribution is 0.0586. The molecule has 0 aliphatic rings. The van der Waals surface area contributed by atoms with Crippen molar-refractivity contribution >= 4 is 28.6 Å². The second-order valence-corrected chi connectivity index (χ2v) is 3.92. The van der Waals surface area contributed by atoms with Gasteiger partial charge >= 0.3 is 5.97 Å². The molecule has 1 heterocycles. The van der Waals surface area contributed by atoms with Crippen LogP contribution in [0.25, 0.3) is 0 Å². The summed E-state index contributed by atoms with van der Waals surface area (Å²) in [6.45, 7) is 1.57. The molecule has 0 bridgehead atoms. The lowest BCUT2D eigenvalue weighted by Crippen LogP contribution is -2.11. The second-order valence-electron chi connectivity index (χ2n) is 2.81. The maximum atomic E-state index is 12.6. The van der Waals surface area contributed by atoms with Crippen LogP contribution >= 0.6 is 22.6 Å². The van der Waals surface area contributed by atoms with E-state index in [1.54, 1.807) is 13.0 Å². The summed E-state index contributed by atoms with van der Waals surface area (Å²) in [6.07, 6.45) is -2.78. The van der Waals surface area contributed by atoms with E-state index >= 15 is 0 Å². The number of aromatic nitrogens is 1. The molecule has 1 rings (SSSR count). The minimum Gasteiger partial charge on any atom is -0.465 e. The van der Waals surface area contributed by atoms with Crippen molar-refractivity contribution in [1.82, 2.24) is 4.98 Å². The molecule has 0 spiro atoms. The molecule has 82 valence electrons. The maximum absolute atomic E-state index is 12.6. The molecule has 15 heavy (non-hydrogen) atoms. The van der Waals surface area contributed by atoms with Crippen molar-refractivity contribution in [2.45, 2.75) is 13.3 Å². The lowest BCUT2D eigenvalue weighted by Gasteiger charge is -2.09. The molecule has 0 aliphatic heterocycles. The Morgan fingerprint density at radius 1 is 1.60 bits per heavy atom. The Balaban J connectivity index is 3.40. The van der Waals surface area contributed by atoms with E-state index in [1.165, 1.54) is 0 Å². The Bertz CT molecular complexity index is 396. The van der Waals surface area contributed by atoms with Gasteiger partial charge in [0.05, 0.1) is 12.7 Å². The van der Waals surface area contributed by atoms with Crippen molar-refractivity contribution < 1.29 is 18.3 Å². The zero-order valence-corrected chi connectivity index (χ0v) is 10.2. The van der Waals surface area contributed by atoms with E-state index in [2.05, 4.69) is 9.72 Å². The fourth-order valence-electron chi connectivity index (χ4n) is 1.18. The van der Waals surface area contributed by atoms with Gasteiger partial charge in [-0.1, -0.05) is 0 Å². The monoisotopic (exact) mass is 327 g/mol. The average Bonchev–Trinajstić information content (AvgIpc) is 2.15. The summed E-state index contributed by atoms with van der Waals surface area (Å²) < 4.78 is 30.1. The minimum absolute atomic E-state index is 0.145. The van der Waals surface area contributed by atoms with Crippen LogP contribution < -0.4 is 0 Å². The third-order valence-electron chi connectivity index (χ3n) is 1.81. The van der Waals surface area contributed by atoms with Gasteiger partial charge in [0.15, 0.2) is 0 Å². The Labute approximate surface area is 99.0 Å². The molecule has 6 heteroatoms. The van der Waals surface area contributed by atoms with Gasteiger partial charge in [-0.2, -0.15) is 0 Å². The van der Waals surface area contributed by atoms with Crippen LogP contribution in [0.4, 0.5) is 8.78 Å². The molecule has 0 amide bonds. The number of alkyl halides is 2. The molecular weight excluding hydrogens is 319 g/mol. The molecule has 0 radical (unpaired) electrons. The summed E-state index contributed by atoms with van der Waals surface area (Å²) in [5.74, 6) is -0.785. The highest BCUT2D eigenvalue weighted by Gasteiger charge is 2.23. The highest BCUT2D eigenvalue weighted by molar-refractivity contribution is 14.1. The average molecular weight is 327 g/mol. The summed E-state index contributed by atoms with van der Waals surface area (Å²) in [7, 11) is 1.15. The molecule has 0 aliphatic carbocycles. The summed E-state index contributed by atoms with van der Waals surface area (Å²) in [5, 5.41) is 0. The van der Waals surface area contributed by atoms with Gasteiger partial charge in [-0.3, -0.25) is 0 Å². The third-order valence-corrected chi connectivity index (χ3v) is 2.36. The van der Waals surface area contributed by atoms with E-state index < -0.39 is 18.1 Å². The zero-order chi connectivity index (χ0) is 11.6. The van der Waals surface area contributed by atoms with Crippen LogP contribution in [0, 0.1) is 10.6 Å². The molecule has 0 atom stereocenters. The number of esters is 1. The van der Waals surface area contributed by atoms with Crippen LogP contribution in [-0.2, 0) is 4.74 Å². The van der Waals surface area contributed by atoms with Gasteiger partial charge in [-0.05, 0) is 41.1 Å². The fourth-order valence-corrected chi connectivity index (χ4v) is 1.91. The Morgan fingerprint density at radius 2 is 2.20 bits per heavy atom. The normalized spacial score (nSPS) is 10.5. The molecule has 1 aromatic rings. The van der Waals surface area contributed by atoms with Gasteiger partial charge in [0, 0.05) is 0 Å². The summed E-state index contributed by atoms with van der Waals surface area (Å²) >= 11 is 1.82. The molecule has 0 aromatic carbocycles. The van der Waals surface area contributed by atoms with Crippen molar-refractivity contribution in [3.63, 3.8) is 0 Å². The molecule has 1 aromatic heterocycles. The molecule has 0 saturated carbocycles. The van der Waals surface area contributed by atoms with Crippen molar-refractivity contribution in [3.8, 4) is 0 Å². The van der Waals surface area contributed by atoms with E-state index in [4.69, 9.17) is 0 Å². The number of aryl methyl sites for hydroxylation is 1. The number of ether oxygens (including phenoxy) is 1. The SMILES string of the molecule is COC(=O)c1c(C)cc(I)nc1C(F)F. The first kappa shape index (κ1) is 12.3. The lowest BCUT2D eigenvalue weighted by atomic mass is 10.1. The van der Waals surface area contributed by atoms with E-state index in [1.807, 2.05) is 22.6 Å². The van der Waals surface area contributed by atoms with Crippen molar-refractivity contribution in [1.29, 1.82) is 0 Å². The third kappa shape index (κ3) is 2.61. The number of hydrogen-bond acceptors (Lipinski definition) is 3. The van der Waals surface area contributed by atoms with Gasteiger partial charge in [-0.25, -0.2) is 18.6 Å². The van der Waals surface area contributed by atoms with Crippen LogP contribution in [0.1, 0.15) is 28.0 Å². The van der Waals surface area contributed by atoms with Crippen LogP contribution in [-0.4, -0.2) is 18.1 Å². The minimum atomic E-state index is -2.78. The van der Waals surface area contributed by atoms with Gasteiger partial charge in [0.1, 0.15) is 9.39 Å². The summed E-state index contributed by atoms with van der Waals surface area (Å²) in [6, 6.07) is 1.55. The Hall–Kier alpha value is -0.790. The van der Waals surface area contributed by atoms with Gasteiger partial charge < -0.3 is 4.74 Å². The van der Waals surface area contributed by atoms with Crippen molar-refractivity contribution in [2.24, 2.45) is 0 Å². The molecular formula is C9H8F2INO2. The van der Waals surface area contributed by atoms with Crippen molar-refractivity contribution in [2.75, 3.05) is 7.11 Å². The number of nitrogens with zero attached hydrogens (tertiary/aromatic N) is 1. The Kier molecular flexibility index (Phi) is 3.95. The molecule has 0 unspecified atom stereocenters. The van der Waals surface area contributed by atoms with E-state index in [9.17, 15) is 13.6 Å². The van der Waals surface area contributed by atoms with Gasteiger partial charge in [0.25, 0.3) is 6.43 Å². The molecule has 0 N–H and O–H groups in total. The van der Waals surface area contributed by atoms with Crippen molar-refractivity contribution in [3.05, 3.63) is 26.6 Å². The smallest absolute Gasteiger partial charge is 0.340 e. The summed E-state index contributed by atoms with van der Waals surface area (Å²) in [4.78, 5) is 14.9. The van der Waals surface area contributed by atoms with Gasteiger partial charge in [-0.15, -0.1) is 0 Å². The number of carbonyl (C=O) groups is 1. The topological polar surface area (TPSA) is 39.2 Å². The first-order valence-electron chi connectivity index (χ1n) is 4.01. The van der Waals surface area contributed by atoms with E-state index in [0.29, 0.717) is 9.26 Å². The van der Waals surface area contributed by atoms with Crippen LogP contribution in [0.3, 0.4) is 0 Å². The van der Waals surface area contributed by atoms with E-state index in [0.717, 1.165) is 7.11 Å². The number of rotatable bonds is 2. The van der Waals surface area contributed by atoms with Crippen LogP contribution in [0.2, 0.25) is 0 Å².